The highest BCUT2D eigenvalue weighted by molar-refractivity contribution is 5.89. The molecule has 68 valence electrons. The number of nitrogens with two attached hydrogens (primary N) is 1. The summed E-state index contributed by atoms with van der Waals surface area (Å²) in [5.74, 6) is 4.27. The number of esters is 1. The number of methoxy groups -OCH3 is 1. The molecule has 4 atom stereocenters. The van der Waals surface area contributed by atoms with E-state index in [1.54, 1.807) is 0 Å². The van der Waals surface area contributed by atoms with E-state index in [9.17, 15) is 4.79 Å². The molecule has 13 heavy (non-hydrogen) atoms. The van der Waals surface area contributed by atoms with Crippen molar-refractivity contribution in [3.63, 3.8) is 0 Å². The van der Waals surface area contributed by atoms with Crippen LogP contribution < -0.4 is 5.73 Å². The Morgan fingerprint density at radius 2 is 1.92 bits per heavy atom. The van der Waals surface area contributed by atoms with Crippen molar-refractivity contribution in [2.24, 2.45) is 46.7 Å². The molecule has 3 heteroatoms. The fourth-order valence-electron chi connectivity index (χ4n) is 6.29. The summed E-state index contributed by atoms with van der Waals surface area (Å²) < 4.78 is 4.91. The molecule has 0 amide bonds. The summed E-state index contributed by atoms with van der Waals surface area (Å²) in [5, 5.41) is 0. The van der Waals surface area contributed by atoms with E-state index in [0.717, 1.165) is 17.8 Å². The summed E-state index contributed by atoms with van der Waals surface area (Å²) in [5.41, 5.74) is 6.31. The van der Waals surface area contributed by atoms with Crippen molar-refractivity contribution in [2.45, 2.75) is 5.54 Å². The van der Waals surface area contributed by atoms with E-state index in [1.807, 2.05) is 0 Å². The summed E-state index contributed by atoms with van der Waals surface area (Å²) in [4.78, 5) is 11.7. The molecule has 6 fully saturated rings. The Hall–Kier alpha value is -0.570. The highest BCUT2D eigenvalue weighted by Gasteiger charge is 3.11. The topological polar surface area (TPSA) is 52.3 Å². The molecule has 0 saturated heterocycles. The fraction of sp³-hybridized carbons (Fsp3) is 0.900. The summed E-state index contributed by atoms with van der Waals surface area (Å²) in [6.45, 7) is 0. The maximum atomic E-state index is 11.7. The number of carbonyl (C=O) groups is 1. The third-order valence-corrected chi connectivity index (χ3v) is 6.20. The van der Waals surface area contributed by atoms with E-state index in [4.69, 9.17) is 10.5 Å². The maximum absolute atomic E-state index is 11.7. The molecule has 0 aromatic carbocycles. The van der Waals surface area contributed by atoms with Crippen molar-refractivity contribution in [1.29, 1.82) is 0 Å². The number of carbonyl (C=O) groups excluding carboxylic acids is 1. The Labute approximate surface area is 75.6 Å². The lowest BCUT2D eigenvalue weighted by atomic mass is 8.94. The van der Waals surface area contributed by atoms with E-state index < -0.39 is 0 Å². The Balaban J connectivity index is 1.68. The quantitative estimate of drug-likeness (QED) is 0.555. The van der Waals surface area contributed by atoms with Crippen LogP contribution in [-0.2, 0) is 9.53 Å². The lowest BCUT2D eigenvalue weighted by molar-refractivity contribution is -0.604. The van der Waals surface area contributed by atoms with E-state index in [1.165, 1.54) is 7.11 Å². The van der Waals surface area contributed by atoms with Gasteiger partial charge in [-0.05, 0) is 35.5 Å². The third-order valence-electron chi connectivity index (χ3n) is 6.20. The van der Waals surface area contributed by atoms with Crippen LogP contribution in [0.25, 0.3) is 0 Å². The monoisotopic (exact) mass is 177 g/mol. The van der Waals surface area contributed by atoms with Gasteiger partial charge in [-0.1, -0.05) is 0 Å². The second-order valence-electron chi connectivity index (χ2n) is 5.59. The first-order valence-electron chi connectivity index (χ1n) is 5.09. The van der Waals surface area contributed by atoms with Crippen LogP contribution in [0, 0.1) is 40.9 Å². The van der Waals surface area contributed by atoms with Crippen LogP contribution in [0.3, 0.4) is 0 Å². The highest BCUT2D eigenvalue weighted by atomic mass is 16.5. The number of rotatable bonds is 1. The van der Waals surface area contributed by atoms with E-state index in [2.05, 4.69) is 0 Å². The van der Waals surface area contributed by atoms with Gasteiger partial charge in [0.2, 0.25) is 0 Å². The second-order valence-corrected chi connectivity index (χ2v) is 5.59. The van der Waals surface area contributed by atoms with E-state index in [-0.39, 0.29) is 16.9 Å². The molecular formula is C10H11NO2. The van der Waals surface area contributed by atoms with Crippen LogP contribution in [0.15, 0.2) is 0 Å². The molecule has 2 N–H and O–H groups in total. The smallest absolute Gasteiger partial charge is 0.312 e. The van der Waals surface area contributed by atoms with Gasteiger partial charge in [0, 0.05) is 5.54 Å². The van der Waals surface area contributed by atoms with Crippen molar-refractivity contribution < 1.29 is 9.53 Å². The van der Waals surface area contributed by atoms with Crippen molar-refractivity contribution in [3.8, 4) is 0 Å². The van der Waals surface area contributed by atoms with E-state index >= 15 is 0 Å². The normalized spacial score (nSPS) is 82.0. The van der Waals surface area contributed by atoms with Gasteiger partial charge in [0.15, 0.2) is 0 Å². The van der Waals surface area contributed by atoms with Crippen LogP contribution >= 0.6 is 0 Å². The molecule has 0 aliphatic heterocycles. The minimum absolute atomic E-state index is 0.0409. The fourth-order valence-corrected chi connectivity index (χ4v) is 6.29. The molecular weight excluding hydrogens is 166 g/mol. The average Bonchev–Trinajstić information content (AvgIpc) is 2.15. The van der Waals surface area contributed by atoms with Crippen LogP contribution in [0.4, 0.5) is 0 Å². The summed E-state index contributed by atoms with van der Waals surface area (Å²) in [7, 11) is 1.51. The zero-order valence-corrected chi connectivity index (χ0v) is 7.36. The molecule has 0 radical (unpaired) electrons. The first kappa shape index (κ1) is 6.02. The molecule has 6 rings (SSSR count). The van der Waals surface area contributed by atoms with Gasteiger partial charge in [-0.2, -0.15) is 0 Å². The molecule has 0 heterocycles. The Morgan fingerprint density at radius 3 is 2.38 bits per heavy atom. The van der Waals surface area contributed by atoms with Crippen molar-refractivity contribution in [3.05, 3.63) is 0 Å². The molecule has 0 spiro atoms. The number of hydrogen-bond acceptors (Lipinski definition) is 3. The summed E-state index contributed by atoms with van der Waals surface area (Å²) in [6, 6.07) is 0. The molecule has 6 aliphatic carbocycles. The zero-order valence-electron chi connectivity index (χ0n) is 7.36. The van der Waals surface area contributed by atoms with Crippen molar-refractivity contribution in [1.82, 2.24) is 0 Å². The summed E-state index contributed by atoms with van der Waals surface area (Å²) in [6.07, 6.45) is 0. The molecule has 3 nitrogen and oxygen atoms in total. The minimum Gasteiger partial charge on any atom is -0.469 e. The first-order valence-corrected chi connectivity index (χ1v) is 5.09. The van der Waals surface area contributed by atoms with Gasteiger partial charge in [-0.15, -0.1) is 0 Å². The van der Waals surface area contributed by atoms with Gasteiger partial charge in [-0.25, -0.2) is 0 Å². The van der Waals surface area contributed by atoms with Gasteiger partial charge < -0.3 is 10.5 Å². The number of ether oxygens (including phenoxy) is 1. The van der Waals surface area contributed by atoms with Crippen LogP contribution in [0.5, 0.6) is 0 Å². The predicted molar refractivity (Wildman–Crippen MR) is 42.3 cm³/mol. The zero-order chi connectivity index (χ0) is 8.75. The van der Waals surface area contributed by atoms with Gasteiger partial charge in [0.25, 0.3) is 0 Å². The average molecular weight is 177 g/mol. The Bertz CT molecular complexity index is 370. The summed E-state index contributed by atoms with van der Waals surface area (Å²) >= 11 is 0. The molecule has 0 aromatic rings. The lowest BCUT2D eigenvalue weighted by Gasteiger charge is -3.09. The molecule has 0 bridgehead atoms. The number of hydrogen-bond donors (Lipinski definition) is 1. The van der Waals surface area contributed by atoms with Crippen molar-refractivity contribution >= 4 is 5.97 Å². The largest absolute Gasteiger partial charge is 0.469 e. The van der Waals surface area contributed by atoms with Gasteiger partial charge in [0.05, 0.1) is 12.5 Å². The lowest BCUT2D eigenvalue weighted by Crippen LogP contribution is -3.16. The van der Waals surface area contributed by atoms with Gasteiger partial charge in [0.1, 0.15) is 0 Å². The standard InChI is InChI=1S/C10H11NO2/c1-13-8(12)9-4-2-5-3(4)7(9)10(5,11)6(2)9/h2-7H,11H2,1H3/t2-,3-,4?,5?,6+,7+,9?,10?/m1/s1. The van der Waals surface area contributed by atoms with Crippen LogP contribution in [0.2, 0.25) is 0 Å². The Kier molecular flexibility index (Phi) is 0.515. The molecule has 6 aliphatic rings. The molecule has 0 aromatic heterocycles. The van der Waals surface area contributed by atoms with Gasteiger partial charge in [-0.3, -0.25) is 4.79 Å². The Morgan fingerprint density at radius 1 is 1.31 bits per heavy atom. The van der Waals surface area contributed by atoms with E-state index in [0.29, 0.717) is 17.8 Å². The van der Waals surface area contributed by atoms with Gasteiger partial charge >= 0.3 is 5.97 Å². The molecule has 0 unspecified atom stereocenters. The molecule has 6 saturated carbocycles. The third kappa shape index (κ3) is 0.224. The highest BCUT2D eigenvalue weighted by Crippen LogP contribution is 3.06. The maximum Gasteiger partial charge on any atom is 0.312 e. The van der Waals surface area contributed by atoms with Crippen molar-refractivity contribution in [2.75, 3.05) is 7.11 Å². The minimum atomic E-state index is -0.0480. The predicted octanol–water partition coefficient (Wildman–Crippen LogP) is -0.392. The first-order chi connectivity index (χ1) is 6.21. The second kappa shape index (κ2) is 1.11. The van der Waals surface area contributed by atoms with Crippen LogP contribution in [0.1, 0.15) is 0 Å². The van der Waals surface area contributed by atoms with Crippen LogP contribution in [-0.4, -0.2) is 18.6 Å². The SMILES string of the molecule is COC(=O)C12C3[C@@H]4C5[C@@H]3[C@@H]1C5(N)[C@@H]42.